The Morgan fingerprint density at radius 3 is 3.14 bits per heavy atom. The quantitative estimate of drug-likeness (QED) is 0.916. The number of aliphatic hydroxyl groups excluding tert-OH is 1. The monoisotopic (exact) mass is 330 g/mol. The molecule has 5 heteroatoms. The lowest BCUT2D eigenvalue weighted by Gasteiger charge is -2.39. The Morgan fingerprint density at radius 2 is 2.38 bits per heavy atom. The molecule has 3 rings (SSSR count). The number of ether oxygens (including phenoxy) is 1. The number of hydrogen-bond donors (Lipinski definition) is 1. The van der Waals surface area contributed by atoms with E-state index >= 15 is 0 Å². The standard InChI is InChI=1S/C16H20ClFO2S/c17-13-3-1-2-11(15(13)18)8-14(19)12-4-6-20-16(9-12)5-7-21-10-16/h1-3,12,14,19H,4-10H2. The molecule has 21 heavy (non-hydrogen) atoms. The van der Waals surface area contributed by atoms with Crippen LogP contribution in [0.25, 0.3) is 0 Å². The van der Waals surface area contributed by atoms with Crippen LogP contribution in [0.3, 0.4) is 0 Å². The summed E-state index contributed by atoms with van der Waals surface area (Å²) in [5, 5.41) is 10.6. The van der Waals surface area contributed by atoms with Crippen LogP contribution in [-0.4, -0.2) is 34.9 Å². The molecule has 116 valence electrons. The minimum absolute atomic E-state index is 0.0541. The van der Waals surface area contributed by atoms with E-state index in [-0.39, 0.29) is 16.5 Å². The maximum atomic E-state index is 14.0. The number of aliphatic hydroxyl groups is 1. The minimum Gasteiger partial charge on any atom is -0.392 e. The molecule has 2 saturated heterocycles. The van der Waals surface area contributed by atoms with E-state index in [2.05, 4.69) is 0 Å². The molecule has 1 aromatic rings. The van der Waals surface area contributed by atoms with Gasteiger partial charge in [-0.2, -0.15) is 11.8 Å². The summed E-state index contributed by atoms with van der Waals surface area (Å²) in [6, 6.07) is 4.96. The highest BCUT2D eigenvalue weighted by Gasteiger charge is 2.42. The lowest BCUT2D eigenvalue weighted by atomic mass is 9.80. The highest BCUT2D eigenvalue weighted by atomic mass is 35.5. The summed E-state index contributed by atoms with van der Waals surface area (Å²) in [6.07, 6.45) is 2.57. The third kappa shape index (κ3) is 3.39. The lowest BCUT2D eigenvalue weighted by molar-refractivity contribution is -0.101. The fourth-order valence-corrected chi connectivity index (χ4v) is 4.93. The number of thioether (sulfide) groups is 1. The molecule has 0 aromatic heterocycles. The highest BCUT2D eigenvalue weighted by Crippen LogP contribution is 2.41. The molecule has 2 heterocycles. The van der Waals surface area contributed by atoms with Crippen molar-refractivity contribution in [3.05, 3.63) is 34.6 Å². The van der Waals surface area contributed by atoms with E-state index in [0.717, 1.165) is 30.8 Å². The Kier molecular flexibility index (Phi) is 4.79. The van der Waals surface area contributed by atoms with Crippen molar-refractivity contribution in [2.45, 2.75) is 37.4 Å². The van der Waals surface area contributed by atoms with Gasteiger partial charge < -0.3 is 9.84 Å². The molecular formula is C16H20ClFO2S. The second kappa shape index (κ2) is 6.45. The summed E-state index contributed by atoms with van der Waals surface area (Å²) in [6.45, 7) is 0.695. The molecule has 0 bridgehead atoms. The van der Waals surface area contributed by atoms with Crippen LogP contribution >= 0.6 is 23.4 Å². The first-order valence-electron chi connectivity index (χ1n) is 7.42. The van der Waals surface area contributed by atoms with Gasteiger partial charge in [-0.25, -0.2) is 4.39 Å². The van der Waals surface area contributed by atoms with E-state index in [0.29, 0.717) is 18.6 Å². The maximum Gasteiger partial charge on any atom is 0.145 e. The van der Waals surface area contributed by atoms with Gasteiger partial charge in [-0.15, -0.1) is 0 Å². The van der Waals surface area contributed by atoms with Crippen molar-refractivity contribution in [1.29, 1.82) is 0 Å². The predicted octanol–water partition coefficient (Wildman–Crippen LogP) is 3.68. The topological polar surface area (TPSA) is 29.5 Å². The molecule has 3 atom stereocenters. The Hall–Kier alpha value is -0.290. The van der Waals surface area contributed by atoms with Crippen LogP contribution in [-0.2, 0) is 11.2 Å². The largest absolute Gasteiger partial charge is 0.392 e. The molecule has 0 amide bonds. The van der Waals surface area contributed by atoms with Gasteiger partial charge >= 0.3 is 0 Å². The summed E-state index contributed by atoms with van der Waals surface area (Å²) in [5.74, 6) is 1.92. The van der Waals surface area contributed by atoms with Crippen molar-refractivity contribution in [2.75, 3.05) is 18.1 Å². The number of halogens is 2. The van der Waals surface area contributed by atoms with Crippen LogP contribution in [0.2, 0.25) is 5.02 Å². The first kappa shape index (κ1) is 15.6. The second-order valence-corrected chi connectivity index (χ2v) is 7.58. The zero-order valence-corrected chi connectivity index (χ0v) is 13.4. The van der Waals surface area contributed by atoms with E-state index < -0.39 is 11.9 Å². The first-order valence-corrected chi connectivity index (χ1v) is 8.96. The van der Waals surface area contributed by atoms with Gasteiger partial charge in [0.2, 0.25) is 0 Å². The number of benzene rings is 1. The van der Waals surface area contributed by atoms with Crippen molar-refractivity contribution >= 4 is 23.4 Å². The molecule has 0 radical (unpaired) electrons. The zero-order valence-electron chi connectivity index (χ0n) is 11.9. The third-order valence-corrected chi connectivity index (χ3v) is 6.12. The molecule has 0 saturated carbocycles. The van der Waals surface area contributed by atoms with E-state index in [4.69, 9.17) is 16.3 Å². The zero-order chi connectivity index (χ0) is 14.9. The highest BCUT2D eigenvalue weighted by molar-refractivity contribution is 7.99. The van der Waals surface area contributed by atoms with Crippen LogP contribution in [0.15, 0.2) is 18.2 Å². The van der Waals surface area contributed by atoms with Gasteiger partial charge in [-0.1, -0.05) is 23.7 Å². The Labute approximate surface area is 134 Å². The molecule has 1 spiro atoms. The first-order chi connectivity index (χ1) is 10.1. The number of hydrogen-bond acceptors (Lipinski definition) is 3. The van der Waals surface area contributed by atoms with Crippen LogP contribution in [0.1, 0.15) is 24.8 Å². The Balaban J connectivity index is 1.67. The normalized spacial score (nSPS) is 30.7. The van der Waals surface area contributed by atoms with Crippen LogP contribution in [0.5, 0.6) is 0 Å². The molecule has 2 aliphatic heterocycles. The summed E-state index contributed by atoms with van der Waals surface area (Å²) in [7, 11) is 0. The molecule has 3 unspecified atom stereocenters. The molecule has 2 nitrogen and oxygen atoms in total. The second-order valence-electron chi connectivity index (χ2n) is 6.07. The number of rotatable bonds is 3. The molecule has 2 aliphatic rings. The van der Waals surface area contributed by atoms with Crippen molar-refractivity contribution in [1.82, 2.24) is 0 Å². The van der Waals surface area contributed by atoms with Gasteiger partial charge in [0.25, 0.3) is 0 Å². The third-order valence-electron chi connectivity index (χ3n) is 4.60. The average Bonchev–Trinajstić information content (AvgIpc) is 2.92. The Bertz CT molecular complexity index is 505. The fourth-order valence-electron chi connectivity index (χ4n) is 3.36. The molecule has 1 N–H and O–H groups in total. The van der Waals surface area contributed by atoms with Crippen molar-refractivity contribution in [3.63, 3.8) is 0 Å². The van der Waals surface area contributed by atoms with E-state index in [1.165, 1.54) is 6.07 Å². The van der Waals surface area contributed by atoms with Gasteiger partial charge in [0, 0.05) is 18.8 Å². The smallest absolute Gasteiger partial charge is 0.145 e. The van der Waals surface area contributed by atoms with Gasteiger partial charge in [0.05, 0.1) is 16.7 Å². The van der Waals surface area contributed by atoms with Crippen LogP contribution in [0.4, 0.5) is 4.39 Å². The van der Waals surface area contributed by atoms with Crippen molar-refractivity contribution in [2.24, 2.45) is 5.92 Å². The molecule has 2 fully saturated rings. The SMILES string of the molecule is OC(Cc1cccc(Cl)c1F)C1CCOC2(CCSC2)C1. The molecule has 1 aromatic carbocycles. The summed E-state index contributed by atoms with van der Waals surface area (Å²) in [4.78, 5) is 0. The predicted molar refractivity (Wildman–Crippen MR) is 84.5 cm³/mol. The van der Waals surface area contributed by atoms with E-state index in [1.807, 2.05) is 11.8 Å². The van der Waals surface area contributed by atoms with E-state index in [1.54, 1.807) is 12.1 Å². The van der Waals surface area contributed by atoms with E-state index in [9.17, 15) is 9.50 Å². The van der Waals surface area contributed by atoms with Crippen molar-refractivity contribution < 1.29 is 14.2 Å². The van der Waals surface area contributed by atoms with Gasteiger partial charge in [0.15, 0.2) is 0 Å². The van der Waals surface area contributed by atoms with Crippen molar-refractivity contribution in [3.8, 4) is 0 Å². The maximum absolute atomic E-state index is 14.0. The lowest BCUT2D eigenvalue weighted by Crippen LogP contribution is -2.43. The van der Waals surface area contributed by atoms with Gasteiger partial charge in [0.1, 0.15) is 5.82 Å². The van der Waals surface area contributed by atoms with Crippen LogP contribution < -0.4 is 0 Å². The summed E-state index contributed by atoms with van der Waals surface area (Å²) >= 11 is 7.72. The molecule has 0 aliphatic carbocycles. The Morgan fingerprint density at radius 1 is 1.52 bits per heavy atom. The minimum atomic E-state index is -0.538. The summed E-state index contributed by atoms with van der Waals surface area (Å²) in [5.41, 5.74) is 0.442. The van der Waals surface area contributed by atoms with Crippen LogP contribution in [0, 0.1) is 11.7 Å². The average molecular weight is 331 g/mol. The fraction of sp³-hybridized carbons (Fsp3) is 0.625. The van der Waals surface area contributed by atoms with Gasteiger partial charge in [-0.3, -0.25) is 0 Å². The molecular weight excluding hydrogens is 311 g/mol. The summed E-state index contributed by atoms with van der Waals surface area (Å²) < 4.78 is 19.9. The van der Waals surface area contributed by atoms with Gasteiger partial charge in [-0.05, 0) is 42.6 Å².